The number of aliphatic imine (C=N–C) groups is 2. The molecule has 0 radical (unpaired) electrons. The molecule has 0 aromatic heterocycles. The van der Waals surface area contributed by atoms with Crippen LogP contribution in [0.3, 0.4) is 0 Å². The zero-order valence-electron chi connectivity index (χ0n) is 18.3. The maximum absolute atomic E-state index is 6.60. The normalized spacial score (nSPS) is 14.0. The summed E-state index contributed by atoms with van der Waals surface area (Å²) < 4.78 is 19.4. The number of hydrogen-bond acceptors (Lipinski definition) is 5. The fourth-order valence-corrected chi connectivity index (χ4v) is 4.35. The topological polar surface area (TPSA) is 52.4 Å². The Hall–Kier alpha value is -3.51. The van der Waals surface area contributed by atoms with Crippen molar-refractivity contribution in [3.05, 3.63) is 106 Å². The first-order valence-electron chi connectivity index (χ1n) is 11.0. The van der Waals surface area contributed by atoms with E-state index < -0.39 is 14.2 Å². The molecule has 0 amide bonds. The minimum Gasteiger partial charge on any atom is -0.531 e. The Balaban J connectivity index is 1.60. The number of fused-ring (bicyclic) bond motifs is 8. The molecule has 0 fully saturated rings. The third kappa shape index (κ3) is 4.46. The monoisotopic (exact) mass is 496 g/mol. The highest BCUT2D eigenvalue weighted by atomic mass is 35.5. The lowest BCUT2D eigenvalue weighted by molar-refractivity contribution is 0.389. The summed E-state index contributed by atoms with van der Waals surface area (Å²) in [5.74, 6) is 1.06. The van der Waals surface area contributed by atoms with Crippen LogP contribution in [0.5, 0.6) is 11.5 Å². The number of rotatable bonds is 0. The molecule has 9 heteroatoms. The smallest absolute Gasteiger partial charge is 0.531 e. The van der Waals surface area contributed by atoms with Crippen LogP contribution in [-0.2, 0) is 4.57 Å². The highest BCUT2D eigenvalue weighted by molar-refractivity contribution is 6.76. The van der Waals surface area contributed by atoms with Crippen LogP contribution in [0, 0.1) is 0 Å². The highest BCUT2D eigenvalue weighted by Gasteiger charge is 2.38. The lowest BCUT2D eigenvalue weighted by Crippen LogP contribution is -2.53. The largest absolute Gasteiger partial charge is 0.550 e. The highest BCUT2D eigenvalue weighted by Crippen LogP contribution is 2.34. The fraction of sp³-hybridized carbons (Fsp3) is 0. The minimum absolute atomic E-state index is 0.532. The molecular formula is C26H16B2Cl2N2O3. The molecule has 2 aliphatic rings. The summed E-state index contributed by atoms with van der Waals surface area (Å²) in [5.41, 5.74) is 4.45. The minimum atomic E-state index is -0.821. The van der Waals surface area contributed by atoms with Gasteiger partial charge in [0.05, 0.1) is 0 Å². The van der Waals surface area contributed by atoms with Gasteiger partial charge in [0.25, 0.3) is 0 Å². The standard InChI is InChI=1S/C26H16B2Cl2N2O3/c29-19-9-11-25-23(13-19)31-15-17-5-1-3-7-21(17)27-33-26-12-10-20(30)14-24(26)32-16-18-6-2-4-8-22(18)28(34-25)35-27/h1-16H. The van der Waals surface area contributed by atoms with E-state index >= 15 is 0 Å². The Morgan fingerprint density at radius 1 is 0.571 bits per heavy atom. The van der Waals surface area contributed by atoms with Crippen molar-refractivity contribution in [1.29, 1.82) is 0 Å². The first kappa shape index (κ1) is 22.0. The van der Waals surface area contributed by atoms with E-state index in [-0.39, 0.29) is 0 Å². The maximum Gasteiger partial charge on any atom is 0.550 e. The summed E-state index contributed by atoms with van der Waals surface area (Å²) in [6.45, 7) is 0. The average Bonchev–Trinajstić information content (AvgIpc) is 2.87. The Morgan fingerprint density at radius 3 is 1.51 bits per heavy atom. The molecule has 4 aromatic rings. The number of hydrogen-bond donors (Lipinski definition) is 0. The molecule has 0 N–H and O–H groups in total. The average molecular weight is 497 g/mol. The van der Waals surface area contributed by atoms with Crippen molar-refractivity contribution < 1.29 is 13.9 Å². The molecular weight excluding hydrogens is 481 g/mol. The van der Waals surface area contributed by atoms with E-state index in [1.165, 1.54) is 0 Å². The molecule has 0 spiro atoms. The first-order valence-corrected chi connectivity index (χ1v) is 11.7. The van der Waals surface area contributed by atoms with E-state index in [4.69, 9.17) is 47.1 Å². The van der Waals surface area contributed by atoms with Gasteiger partial charge in [-0.15, -0.1) is 0 Å². The van der Waals surface area contributed by atoms with Crippen molar-refractivity contribution in [2.75, 3.05) is 0 Å². The third-order valence-electron chi connectivity index (χ3n) is 5.74. The second-order valence-electron chi connectivity index (χ2n) is 8.03. The van der Waals surface area contributed by atoms with Crippen LogP contribution in [0.2, 0.25) is 10.0 Å². The van der Waals surface area contributed by atoms with Crippen molar-refractivity contribution in [3.8, 4) is 11.5 Å². The number of benzene rings is 4. The van der Waals surface area contributed by atoms with Gasteiger partial charge in [0, 0.05) is 33.4 Å². The van der Waals surface area contributed by atoms with Crippen LogP contribution in [0.4, 0.5) is 11.4 Å². The van der Waals surface area contributed by atoms with Crippen molar-refractivity contribution in [1.82, 2.24) is 0 Å². The molecule has 2 heterocycles. The van der Waals surface area contributed by atoms with E-state index in [0.29, 0.717) is 32.9 Å². The molecule has 0 saturated carbocycles. The van der Waals surface area contributed by atoms with Crippen molar-refractivity contribution in [2.45, 2.75) is 0 Å². The summed E-state index contributed by atoms with van der Waals surface area (Å²) in [6.07, 6.45) is 3.52. The predicted molar refractivity (Wildman–Crippen MR) is 143 cm³/mol. The summed E-state index contributed by atoms with van der Waals surface area (Å²) >= 11 is 12.5. The zero-order valence-corrected chi connectivity index (χ0v) is 19.8. The Bertz CT molecular complexity index is 1380. The molecule has 2 bridgehead atoms. The van der Waals surface area contributed by atoms with E-state index in [9.17, 15) is 0 Å². The van der Waals surface area contributed by atoms with Gasteiger partial charge in [0.2, 0.25) is 0 Å². The molecule has 6 rings (SSSR count). The second kappa shape index (κ2) is 9.27. The van der Waals surface area contributed by atoms with E-state index in [1.54, 1.807) is 48.8 Å². The Morgan fingerprint density at radius 2 is 1.03 bits per heavy atom. The van der Waals surface area contributed by atoms with Gasteiger partial charge in [-0.3, -0.25) is 9.98 Å². The Labute approximate surface area is 213 Å². The summed E-state index contributed by atoms with van der Waals surface area (Å²) in [5, 5.41) is 1.12. The van der Waals surface area contributed by atoms with Crippen LogP contribution < -0.4 is 20.2 Å². The molecule has 0 atom stereocenters. The summed E-state index contributed by atoms with van der Waals surface area (Å²) in [4.78, 5) is 9.39. The summed E-state index contributed by atoms with van der Waals surface area (Å²) in [6, 6.07) is 26.2. The van der Waals surface area contributed by atoms with Crippen LogP contribution in [-0.4, -0.2) is 26.7 Å². The van der Waals surface area contributed by atoms with Gasteiger partial charge in [-0.2, -0.15) is 0 Å². The van der Waals surface area contributed by atoms with Crippen LogP contribution >= 0.6 is 23.2 Å². The number of halogens is 2. The van der Waals surface area contributed by atoms with Gasteiger partial charge < -0.3 is 13.9 Å². The molecule has 0 unspecified atom stereocenters. The zero-order chi connectivity index (χ0) is 23.8. The maximum atomic E-state index is 6.60. The molecule has 0 aliphatic carbocycles. The van der Waals surface area contributed by atoms with Gasteiger partial charge >= 0.3 is 14.2 Å². The van der Waals surface area contributed by atoms with Crippen LogP contribution in [0.25, 0.3) is 0 Å². The van der Waals surface area contributed by atoms with Gasteiger partial charge in [0.15, 0.2) is 0 Å². The molecule has 2 aliphatic heterocycles. The van der Waals surface area contributed by atoms with Gasteiger partial charge in [-0.05, 0) is 47.5 Å². The van der Waals surface area contributed by atoms with E-state index in [2.05, 4.69) is 0 Å². The van der Waals surface area contributed by atoms with E-state index in [0.717, 1.165) is 22.1 Å². The number of nitrogens with zero attached hydrogens (tertiary/aromatic N) is 2. The predicted octanol–water partition coefficient (Wildman–Crippen LogP) is 5.39. The molecule has 4 aromatic carbocycles. The van der Waals surface area contributed by atoms with Crippen LogP contribution in [0.15, 0.2) is 94.9 Å². The van der Waals surface area contributed by atoms with Gasteiger partial charge in [-0.25, -0.2) is 0 Å². The second-order valence-corrected chi connectivity index (χ2v) is 8.91. The lowest BCUT2D eigenvalue weighted by Gasteiger charge is -2.26. The quantitative estimate of drug-likeness (QED) is 0.307. The van der Waals surface area contributed by atoms with Crippen LogP contribution in [0.1, 0.15) is 11.1 Å². The first-order chi connectivity index (χ1) is 17.1. The third-order valence-corrected chi connectivity index (χ3v) is 6.21. The van der Waals surface area contributed by atoms with E-state index in [1.807, 2.05) is 48.5 Å². The van der Waals surface area contributed by atoms with Crippen molar-refractivity contribution >= 4 is 72.2 Å². The van der Waals surface area contributed by atoms with Gasteiger partial charge in [0.1, 0.15) is 22.9 Å². The lowest BCUT2D eigenvalue weighted by atomic mass is 9.68. The van der Waals surface area contributed by atoms with Gasteiger partial charge in [-0.1, -0.05) is 71.7 Å². The molecule has 0 saturated heterocycles. The van der Waals surface area contributed by atoms with Crippen molar-refractivity contribution in [2.24, 2.45) is 9.98 Å². The summed E-state index contributed by atoms with van der Waals surface area (Å²) in [7, 11) is -1.64. The van der Waals surface area contributed by atoms with Crippen molar-refractivity contribution in [3.63, 3.8) is 0 Å². The molecule has 35 heavy (non-hydrogen) atoms. The SMILES string of the molecule is Clc1ccc2c(c1)N=Cc1ccccc1B1OB(O2)c2ccccc2C=Nc2cc(Cl)ccc2O1. The molecule has 168 valence electrons. The molecule has 5 nitrogen and oxygen atoms in total. The Kier molecular flexibility index (Phi) is 5.82. The fourth-order valence-electron chi connectivity index (χ4n) is 4.02.